The van der Waals surface area contributed by atoms with E-state index >= 15 is 0 Å². The Morgan fingerprint density at radius 1 is 0.833 bits per heavy atom. The first kappa shape index (κ1) is 10.4. The van der Waals surface area contributed by atoms with Crippen molar-refractivity contribution >= 4 is 9.05 Å². The molecule has 0 saturated heterocycles. The Bertz CT molecular complexity index is 23.0. The molecule has 0 aliphatic rings. The van der Waals surface area contributed by atoms with Crippen LogP contribution in [0.5, 0.6) is 0 Å². The minimum absolute atomic E-state index is 0. The van der Waals surface area contributed by atoms with Crippen LogP contribution in [0.4, 0.5) is 0 Å². The molecule has 0 rings (SSSR count). The molecule has 0 aliphatic carbocycles. The van der Waals surface area contributed by atoms with E-state index in [0.717, 1.165) is 0 Å². The fourth-order valence-corrected chi connectivity index (χ4v) is 0. The predicted octanol–water partition coefficient (Wildman–Crippen LogP) is -2.61. The van der Waals surface area contributed by atoms with Gasteiger partial charge < -0.3 is 19.2 Å². The second-order valence-corrected chi connectivity index (χ2v) is 1.80. The fraction of sp³-hybridized carbons (Fsp3) is 0. The molecule has 0 heterocycles. The molecule has 4 N–H and O–H groups in total. The molecular formula is H4NdO4Si. The molecule has 0 amide bonds. The topological polar surface area (TPSA) is 80.9 Å². The van der Waals surface area contributed by atoms with Gasteiger partial charge >= 0.3 is 9.05 Å². The molecule has 0 aliphatic heterocycles. The molecule has 0 aromatic heterocycles. The van der Waals surface area contributed by atoms with E-state index in [1.165, 1.54) is 0 Å². The van der Waals surface area contributed by atoms with Gasteiger partial charge in [-0.15, -0.1) is 0 Å². The van der Waals surface area contributed by atoms with Gasteiger partial charge in [0.1, 0.15) is 0 Å². The van der Waals surface area contributed by atoms with Crippen molar-refractivity contribution in [3.05, 3.63) is 0 Å². The van der Waals surface area contributed by atoms with Gasteiger partial charge in [-0.25, -0.2) is 0 Å². The summed E-state index contributed by atoms with van der Waals surface area (Å²) < 4.78 is 0. The van der Waals surface area contributed by atoms with E-state index in [0.29, 0.717) is 0 Å². The molecule has 0 unspecified atom stereocenters. The minimum atomic E-state index is -4.61. The van der Waals surface area contributed by atoms with Crippen molar-refractivity contribution in [2.75, 3.05) is 0 Å². The van der Waals surface area contributed by atoms with Gasteiger partial charge in [-0.1, -0.05) is 0 Å². The summed E-state index contributed by atoms with van der Waals surface area (Å²) >= 11 is 0. The quantitative estimate of drug-likeness (QED) is 0.350. The molecule has 0 bridgehead atoms. The Balaban J connectivity index is 0. The van der Waals surface area contributed by atoms with Crippen molar-refractivity contribution in [2.24, 2.45) is 0 Å². The molecule has 4 nitrogen and oxygen atoms in total. The zero-order valence-electron chi connectivity index (χ0n) is 2.79. The van der Waals surface area contributed by atoms with Crippen LogP contribution < -0.4 is 0 Å². The molecule has 0 atom stereocenters. The summed E-state index contributed by atoms with van der Waals surface area (Å²) in [4.78, 5) is 29.3. The van der Waals surface area contributed by atoms with Crippen LogP contribution in [-0.4, -0.2) is 28.2 Å². The Kier molecular flexibility index (Phi) is 5.92. The van der Waals surface area contributed by atoms with Crippen LogP contribution in [-0.2, 0) is 0 Å². The molecule has 0 spiro atoms. The maximum Gasteiger partial charge on any atom is 0.668 e. The van der Waals surface area contributed by atoms with Crippen LogP contribution in [0.15, 0.2) is 0 Å². The molecular weight excluding hydrogens is 236 g/mol. The maximum atomic E-state index is 7.33. The molecule has 6 heteroatoms. The molecule has 6 heavy (non-hydrogen) atoms. The Morgan fingerprint density at radius 3 is 0.833 bits per heavy atom. The van der Waals surface area contributed by atoms with Crippen LogP contribution in [0, 0.1) is 40.8 Å². The zero-order valence-corrected chi connectivity index (χ0v) is 7.00. The van der Waals surface area contributed by atoms with Crippen molar-refractivity contribution in [1.82, 2.24) is 0 Å². The van der Waals surface area contributed by atoms with E-state index in [2.05, 4.69) is 0 Å². The summed E-state index contributed by atoms with van der Waals surface area (Å²) in [6.07, 6.45) is 0. The largest absolute Gasteiger partial charge is 0.668 e. The molecule has 0 aromatic carbocycles. The molecule has 0 radical (unpaired) electrons. The van der Waals surface area contributed by atoms with E-state index in [4.69, 9.17) is 19.2 Å². The molecule has 0 saturated carbocycles. The third-order valence-electron chi connectivity index (χ3n) is 0. The third-order valence-corrected chi connectivity index (χ3v) is 0. The summed E-state index contributed by atoms with van der Waals surface area (Å²) in [5.41, 5.74) is 0. The van der Waals surface area contributed by atoms with Gasteiger partial charge in [0.2, 0.25) is 0 Å². The molecule has 0 fully saturated rings. The maximum absolute atomic E-state index is 7.33. The summed E-state index contributed by atoms with van der Waals surface area (Å²) in [6.45, 7) is 0. The first-order valence-corrected chi connectivity index (χ1v) is 2.68. The second kappa shape index (κ2) is 3.41. The fourth-order valence-electron chi connectivity index (χ4n) is 0. The van der Waals surface area contributed by atoms with Crippen molar-refractivity contribution in [3.63, 3.8) is 0 Å². The van der Waals surface area contributed by atoms with Crippen molar-refractivity contribution in [1.29, 1.82) is 0 Å². The Morgan fingerprint density at radius 2 is 0.833 bits per heavy atom. The number of hydrogen-bond donors (Lipinski definition) is 4. The van der Waals surface area contributed by atoms with Crippen molar-refractivity contribution < 1.29 is 60.0 Å². The van der Waals surface area contributed by atoms with Gasteiger partial charge in [0.15, 0.2) is 0 Å². The first-order chi connectivity index (χ1) is 2.00. The number of rotatable bonds is 0. The van der Waals surface area contributed by atoms with E-state index in [1.807, 2.05) is 0 Å². The van der Waals surface area contributed by atoms with E-state index < -0.39 is 9.05 Å². The van der Waals surface area contributed by atoms with E-state index in [9.17, 15) is 0 Å². The standard InChI is InChI=1S/Nd.H4O4Si/c;1-5(2,3)4/h;1-4H. The predicted molar refractivity (Wildman–Crippen MR) is 14.6 cm³/mol. The van der Waals surface area contributed by atoms with Crippen molar-refractivity contribution in [2.45, 2.75) is 0 Å². The Hall–Kier alpha value is 1.41. The van der Waals surface area contributed by atoms with Crippen LogP contribution in [0.25, 0.3) is 0 Å². The first-order valence-electron chi connectivity index (χ1n) is 0.894. The average Bonchev–Trinajstić information content (AvgIpc) is 0.722. The van der Waals surface area contributed by atoms with Crippen molar-refractivity contribution in [3.8, 4) is 0 Å². The van der Waals surface area contributed by atoms with Gasteiger partial charge in [0.05, 0.1) is 0 Å². The molecule has 0 aromatic rings. The number of hydrogen-bond acceptors (Lipinski definition) is 4. The summed E-state index contributed by atoms with van der Waals surface area (Å²) in [5.74, 6) is 0. The van der Waals surface area contributed by atoms with Crippen LogP contribution >= 0.6 is 0 Å². The Labute approximate surface area is 68.5 Å². The van der Waals surface area contributed by atoms with Gasteiger partial charge in [0.25, 0.3) is 0 Å². The second-order valence-electron chi connectivity index (χ2n) is 0.600. The zero-order chi connectivity index (χ0) is 4.50. The summed E-state index contributed by atoms with van der Waals surface area (Å²) in [6, 6.07) is 0. The van der Waals surface area contributed by atoms with Crippen LogP contribution in [0.1, 0.15) is 0 Å². The molecule has 36 valence electrons. The van der Waals surface area contributed by atoms with Gasteiger partial charge in [0, 0.05) is 40.8 Å². The van der Waals surface area contributed by atoms with Gasteiger partial charge in [-0.3, -0.25) is 0 Å². The van der Waals surface area contributed by atoms with Crippen LogP contribution in [0.2, 0.25) is 0 Å². The van der Waals surface area contributed by atoms with E-state index in [1.54, 1.807) is 0 Å². The SMILES string of the molecule is O[Si](O)(O)O.[Nd]. The summed E-state index contributed by atoms with van der Waals surface area (Å²) in [5, 5.41) is 0. The average molecular weight is 240 g/mol. The monoisotopic (exact) mass is 238 g/mol. The minimum Gasteiger partial charge on any atom is -0.368 e. The van der Waals surface area contributed by atoms with Crippen LogP contribution in [0.3, 0.4) is 0 Å². The smallest absolute Gasteiger partial charge is 0.368 e. The normalized spacial score (nSPS) is 10.0. The third kappa shape index (κ3) is 53.0. The summed E-state index contributed by atoms with van der Waals surface area (Å²) in [7, 11) is -4.61. The van der Waals surface area contributed by atoms with Gasteiger partial charge in [-0.2, -0.15) is 0 Å². The van der Waals surface area contributed by atoms with Gasteiger partial charge in [-0.05, 0) is 0 Å². The van der Waals surface area contributed by atoms with E-state index in [-0.39, 0.29) is 40.8 Å².